The molecule has 0 spiro atoms. The maximum Gasteiger partial charge on any atom is 0.356 e. The normalized spacial score (nSPS) is 11.9. The van der Waals surface area contributed by atoms with Crippen LogP contribution in [-0.2, 0) is 18.3 Å². The van der Waals surface area contributed by atoms with E-state index >= 15 is 0 Å². The van der Waals surface area contributed by atoms with Gasteiger partial charge in [0.1, 0.15) is 6.35 Å². The number of rotatable bonds is 10. The van der Waals surface area contributed by atoms with Gasteiger partial charge in [0.25, 0.3) is 0 Å². The highest BCUT2D eigenvalue weighted by Crippen LogP contribution is 2.48. The van der Waals surface area contributed by atoms with E-state index in [0.717, 1.165) is 12.8 Å². The lowest BCUT2D eigenvalue weighted by atomic mass is 10.5. The van der Waals surface area contributed by atoms with Crippen LogP contribution in [0.25, 0.3) is 0 Å². The molecule has 0 aliphatic rings. The topological polar surface area (TPSA) is 65.0 Å². The van der Waals surface area contributed by atoms with Gasteiger partial charge in [-0.3, -0.25) is 4.57 Å². The van der Waals surface area contributed by atoms with E-state index < -0.39 is 7.60 Å². The van der Waals surface area contributed by atoms with Gasteiger partial charge in [0, 0.05) is 0 Å². The fourth-order valence-corrected chi connectivity index (χ4v) is 2.31. The van der Waals surface area contributed by atoms with Crippen molar-refractivity contribution in [2.75, 3.05) is 32.8 Å². The third kappa shape index (κ3) is 7.94. The molecule has 0 fully saturated rings. The Morgan fingerprint density at radius 2 is 1.60 bits per heavy atom. The highest BCUT2D eigenvalue weighted by Gasteiger charge is 2.24. The van der Waals surface area contributed by atoms with Crippen LogP contribution in [0, 0.1) is 0 Å². The van der Waals surface area contributed by atoms with Crippen molar-refractivity contribution in [1.82, 2.24) is 0 Å². The van der Waals surface area contributed by atoms with Crippen LogP contribution < -0.4 is 0 Å². The van der Waals surface area contributed by atoms with Gasteiger partial charge in [-0.25, -0.2) is 0 Å². The van der Waals surface area contributed by atoms with Gasteiger partial charge in [-0.2, -0.15) is 0 Å². The first-order valence-electron chi connectivity index (χ1n) is 5.25. The highest BCUT2D eigenvalue weighted by atomic mass is 31.2. The largest absolute Gasteiger partial charge is 0.394 e. The Balaban J connectivity index is 3.96. The number of aliphatic hydroxyl groups is 1. The van der Waals surface area contributed by atoms with E-state index in [-0.39, 0.29) is 19.6 Å². The summed E-state index contributed by atoms with van der Waals surface area (Å²) >= 11 is 0. The van der Waals surface area contributed by atoms with Crippen molar-refractivity contribution < 1.29 is 23.5 Å². The van der Waals surface area contributed by atoms with Gasteiger partial charge in [0.15, 0.2) is 0 Å². The Morgan fingerprint density at radius 3 is 2.00 bits per heavy atom. The molecule has 0 radical (unpaired) electrons. The second-order valence-corrected chi connectivity index (χ2v) is 5.03. The average Bonchev–Trinajstić information content (AvgIpc) is 2.24. The summed E-state index contributed by atoms with van der Waals surface area (Å²) in [5, 5.41) is 8.52. The third-order valence-corrected chi connectivity index (χ3v) is 3.12. The van der Waals surface area contributed by atoms with Crippen LogP contribution in [0.3, 0.4) is 0 Å². The Morgan fingerprint density at radius 1 is 1.07 bits per heavy atom. The first-order chi connectivity index (χ1) is 7.18. The molecule has 0 aromatic heterocycles. The third-order valence-electron chi connectivity index (χ3n) is 1.47. The summed E-state index contributed by atoms with van der Waals surface area (Å²) in [5.41, 5.74) is 0. The van der Waals surface area contributed by atoms with E-state index in [1.54, 1.807) is 0 Å². The molecule has 1 N–H and O–H groups in total. The van der Waals surface area contributed by atoms with Crippen LogP contribution in [0.15, 0.2) is 0 Å². The Labute approximate surface area is 91.3 Å². The minimum absolute atomic E-state index is 0.0897. The summed E-state index contributed by atoms with van der Waals surface area (Å²) in [7, 11) is -3.12. The molecule has 15 heavy (non-hydrogen) atoms. The van der Waals surface area contributed by atoms with Crippen molar-refractivity contribution in [3.05, 3.63) is 0 Å². The van der Waals surface area contributed by atoms with Crippen molar-refractivity contribution in [3.63, 3.8) is 0 Å². The van der Waals surface area contributed by atoms with Crippen LogP contribution in [0.2, 0.25) is 0 Å². The molecule has 0 heterocycles. The minimum Gasteiger partial charge on any atom is -0.394 e. The van der Waals surface area contributed by atoms with Crippen molar-refractivity contribution in [3.8, 4) is 0 Å². The molecule has 0 unspecified atom stereocenters. The first kappa shape index (κ1) is 15.1. The fourth-order valence-electron chi connectivity index (χ4n) is 0.813. The SMILES string of the molecule is CCCOP(=O)(COCCO)OCCC. The summed E-state index contributed by atoms with van der Waals surface area (Å²) < 4.78 is 27.2. The summed E-state index contributed by atoms with van der Waals surface area (Å²) in [5.74, 6) is 0. The molecule has 0 aromatic rings. The Hall–Kier alpha value is 0.0700. The molecule has 0 rings (SSSR count). The van der Waals surface area contributed by atoms with E-state index in [0.29, 0.717) is 13.2 Å². The smallest absolute Gasteiger partial charge is 0.356 e. The predicted octanol–water partition coefficient (Wildman–Crippen LogP) is 2.00. The molecule has 0 amide bonds. The van der Waals surface area contributed by atoms with Gasteiger partial charge in [0.2, 0.25) is 0 Å². The van der Waals surface area contributed by atoms with Gasteiger partial charge in [-0.1, -0.05) is 13.8 Å². The lowest BCUT2D eigenvalue weighted by Crippen LogP contribution is -2.07. The number of aliphatic hydroxyl groups excluding tert-OH is 1. The van der Waals surface area contributed by atoms with E-state index in [1.165, 1.54) is 0 Å². The van der Waals surface area contributed by atoms with E-state index in [9.17, 15) is 4.57 Å². The van der Waals surface area contributed by atoms with Gasteiger partial charge in [-0.15, -0.1) is 0 Å². The molecule has 5 nitrogen and oxygen atoms in total. The Kier molecular flexibility index (Phi) is 9.35. The highest BCUT2D eigenvalue weighted by molar-refractivity contribution is 7.53. The average molecular weight is 240 g/mol. The van der Waals surface area contributed by atoms with Gasteiger partial charge in [-0.05, 0) is 12.8 Å². The number of hydrogen-bond donors (Lipinski definition) is 1. The molecule has 0 saturated carbocycles. The van der Waals surface area contributed by atoms with Crippen molar-refractivity contribution in [2.45, 2.75) is 26.7 Å². The second kappa shape index (κ2) is 9.31. The lowest BCUT2D eigenvalue weighted by Gasteiger charge is -2.17. The van der Waals surface area contributed by atoms with Gasteiger partial charge >= 0.3 is 7.60 Å². The van der Waals surface area contributed by atoms with Crippen molar-refractivity contribution in [2.24, 2.45) is 0 Å². The predicted molar refractivity (Wildman–Crippen MR) is 58.0 cm³/mol. The van der Waals surface area contributed by atoms with Gasteiger partial charge < -0.3 is 18.9 Å². The zero-order valence-corrected chi connectivity index (χ0v) is 10.4. The van der Waals surface area contributed by atoms with E-state index in [1.807, 2.05) is 13.8 Å². The van der Waals surface area contributed by atoms with Crippen LogP contribution in [-0.4, -0.2) is 37.9 Å². The molecule has 0 saturated heterocycles. The van der Waals surface area contributed by atoms with Crippen LogP contribution in [0.4, 0.5) is 0 Å². The van der Waals surface area contributed by atoms with Crippen molar-refractivity contribution in [1.29, 1.82) is 0 Å². The zero-order valence-electron chi connectivity index (χ0n) is 9.48. The molecule has 6 heteroatoms. The molecule has 0 aliphatic heterocycles. The summed E-state index contributed by atoms with van der Waals surface area (Å²) in [4.78, 5) is 0. The van der Waals surface area contributed by atoms with Crippen molar-refractivity contribution >= 4 is 7.60 Å². The standard InChI is InChI=1S/C9H21O5P/c1-3-6-13-15(11,14-7-4-2)9-12-8-5-10/h10H,3-9H2,1-2H3. The summed E-state index contributed by atoms with van der Waals surface area (Å²) in [6.07, 6.45) is 1.46. The molecule has 92 valence electrons. The monoisotopic (exact) mass is 240 g/mol. The zero-order chi connectivity index (χ0) is 11.6. The second-order valence-electron chi connectivity index (χ2n) is 3.04. The summed E-state index contributed by atoms with van der Waals surface area (Å²) in [6, 6.07) is 0. The minimum atomic E-state index is -3.12. The molecule has 0 aromatic carbocycles. The Bertz CT molecular complexity index is 173. The lowest BCUT2D eigenvalue weighted by molar-refractivity contribution is 0.0971. The maximum atomic E-state index is 12.0. The summed E-state index contributed by atoms with van der Waals surface area (Å²) in [6.45, 7) is 4.70. The van der Waals surface area contributed by atoms with E-state index in [2.05, 4.69) is 0 Å². The molecular formula is C9H21O5P. The number of ether oxygens (including phenoxy) is 1. The fraction of sp³-hybridized carbons (Fsp3) is 1.00. The molecule has 0 atom stereocenters. The van der Waals surface area contributed by atoms with Gasteiger partial charge in [0.05, 0.1) is 26.4 Å². The van der Waals surface area contributed by atoms with Crippen LogP contribution in [0.5, 0.6) is 0 Å². The first-order valence-corrected chi connectivity index (χ1v) is 6.98. The maximum absolute atomic E-state index is 12.0. The number of hydrogen-bond acceptors (Lipinski definition) is 5. The molecular weight excluding hydrogens is 219 g/mol. The van der Waals surface area contributed by atoms with Crippen LogP contribution in [0.1, 0.15) is 26.7 Å². The molecule has 0 bridgehead atoms. The van der Waals surface area contributed by atoms with E-state index in [4.69, 9.17) is 18.9 Å². The quantitative estimate of drug-likeness (QED) is 0.467. The molecule has 0 aliphatic carbocycles. The van der Waals surface area contributed by atoms with Crippen LogP contribution >= 0.6 is 7.60 Å².